The lowest BCUT2D eigenvalue weighted by atomic mass is 10.00. The Bertz CT molecular complexity index is 470. The van der Waals surface area contributed by atoms with Gasteiger partial charge in [0, 0.05) is 19.7 Å². The second-order valence-corrected chi connectivity index (χ2v) is 7.99. The fourth-order valence-electron chi connectivity index (χ4n) is 3.11. The van der Waals surface area contributed by atoms with Gasteiger partial charge in [0.2, 0.25) is 5.91 Å². The molecule has 2 rings (SSSR count). The van der Waals surface area contributed by atoms with Crippen molar-refractivity contribution < 1.29 is 23.5 Å². The molecule has 2 heterocycles. The molecule has 0 aromatic rings. The highest BCUT2D eigenvalue weighted by Crippen LogP contribution is 2.23. The van der Waals surface area contributed by atoms with E-state index in [2.05, 4.69) is 0 Å². The summed E-state index contributed by atoms with van der Waals surface area (Å²) in [7, 11) is 0. The van der Waals surface area contributed by atoms with Crippen molar-refractivity contribution in [1.82, 2.24) is 9.80 Å². The number of hydrogen-bond donors (Lipinski definition) is 0. The Labute approximate surface area is 143 Å². The van der Waals surface area contributed by atoms with Crippen LogP contribution in [0.4, 0.5) is 9.18 Å². The maximum Gasteiger partial charge on any atom is 0.410 e. The van der Waals surface area contributed by atoms with Gasteiger partial charge in [-0.25, -0.2) is 9.18 Å². The van der Waals surface area contributed by atoms with Crippen LogP contribution >= 0.6 is 0 Å². The van der Waals surface area contributed by atoms with Gasteiger partial charge < -0.3 is 19.3 Å². The SMILES string of the molecule is CC(C)(C)OC(=O)N1CCN(C(=O)[C@H]2CCCOC2)C[C@@](C)(F)C1. The van der Waals surface area contributed by atoms with Crippen LogP contribution in [0, 0.1) is 5.92 Å². The Morgan fingerprint density at radius 2 is 1.83 bits per heavy atom. The van der Waals surface area contributed by atoms with E-state index < -0.39 is 17.4 Å². The molecule has 6 nitrogen and oxygen atoms in total. The largest absolute Gasteiger partial charge is 0.444 e. The quantitative estimate of drug-likeness (QED) is 0.732. The molecule has 2 fully saturated rings. The molecule has 0 unspecified atom stereocenters. The molecule has 0 radical (unpaired) electrons. The Morgan fingerprint density at radius 1 is 1.21 bits per heavy atom. The predicted octanol–water partition coefficient (Wildman–Crippen LogP) is 2.22. The van der Waals surface area contributed by atoms with Gasteiger partial charge in [-0.05, 0) is 40.5 Å². The van der Waals surface area contributed by atoms with Crippen molar-refractivity contribution in [3.63, 3.8) is 0 Å². The summed E-state index contributed by atoms with van der Waals surface area (Å²) in [6, 6.07) is 0. The van der Waals surface area contributed by atoms with Crippen LogP contribution < -0.4 is 0 Å². The van der Waals surface area contributed by atoms with E-state index in [1.165, 1.54) is 16.7 Å². The molecule has 0 bridgehead atoms. The minimum absolute atomic E-state index is 0.0123. The Morgan fingerprint density at radius 3 is 2.42 bits per heavy atom. The fourth-order valence-corrected chi connectivity index (χ4v) is 3.11. The number of carbonyl (C=O) groups is 2. The Kier molecular flexibility index (Phi) is 5.73. The molecule has 0 N–H and O–H groups in total. The zero-order chi connectivity index (χ0) is 18.0. The van der Waals surface area contributed by atoms with Crippen LogP contribution in [-0.2, 0) is 14.3 Å². The maximum atomic E-state index is 14.9. The smallest absolute Gasteiger partial charge is 0.410 e. The zero-order valence-corrected chi connectivity index (χ0v) is 15.1. The van der Waals surface area contributed by atoms with E-state index in [-0.39, 0.29) is 31.5 Å². The molecule has 2 aliphatic rings. The van der Waals surface area contributed by atoms with Crippen LogP contribution in [0.5, 0.6) is 0 Å². The molecule has 24 heavy (non-hydrogen) atoms. The van der Waals surface area contributed by atoms with Gasteiger partial charge >= 0.3 is 6.09 Å². The van der Waals surface area contributed by atoms with Gasteiger partial charge in [0.05, 0.1) is 25.6 Å². The molecule has 0 aromatic heterocycles. The minimum Gasteiger partial charge on any atom is -0.444 e. The Balaban J connectivity index is 2.03. The summed E-state index contributed by atoms with van der Waals surface area (Å²) < 4.78 is 25.6. The van der Waals surface area contributed by atoms with Crippen LogP contribution in [-0.4, -0.2) is 72.5 Å². The summed E-state index contributed by atoms with van der Waals surface area (Å²) in [5.41, 5.74) is -2.30. The van der Waals surface area contributed by atoms with Crippen molar-refractivity contribution in [3.8, 4) is 0 Å². The summed E-state index contributed by atoms with van der Waals surface area (Å²) in [4.78, 5) is 27.8. The summed E-state index contributed by atoms with van der Waals surface area (Å²) >= 11 is 0. The van der Waals surface area contributed by atoms with Crippen molar-refractivity contribution in [2.75, 3.05) is 39.4 Å². The first-order valence-corrected chi connectivity index (χ1v) is 8.61. The van der Waals surface area contributed by atoms with Crippen LogP contribution in [0.15, 0.2) is 0 Å². The molecule has 7 heteroatoms. The average Bonchev–Trinajstić information content (AvgIpc) is 2.64. The maximum absolute atomic E-state index is 14.9. The minimum atomic E-state index is -1.67. The van der Waals surface area contributed by atoms with Crippen molar-refractivity contribution in [3.05, 3.63) is 0 Å². The molecule has 2 amide bonds. The summed E-state index contributed by atoms with van der Waals surface area (Å²) in [5, 5.41) is 0. The third kappa shape index (κ3) is 5.33. The lowest BCUT2D eigenvalue weighted by molar-refractivity contribution is -0.141. The van der Waals surface area contributed by atoms with Crippen molar-refractivity contribution in [2.24, 2.45) is 5.92 Å². The molecular formula is C17H29FN2O4. The van der Waals surface area contributed by atoms with Crippen molar-refractivity contribution in [2.45, 2.75) is 51.8 Å². The first kappa shape index (κ1) is 19.0. The van der Waals surface area contributed by atoms with Gasteiger partial charge in [-0.3, -0.25) is 4.79 Å². The second kappa shape index (κ2) is 7.25. The number of amides is 2. The highest BCUT2D eigenvalue weighted by Gasteiger charge is 2.39. The van der Waals surface area contributed by atoms with Crippen LogP contribution in [0.1, 0.15) is 40.5 Å². The third-order valence-electron chi connectivity index (χ3n) is 4.15. The lowest BCUT2D eigenvalue weighted by Gasteiger charge is -2.31. The van der Waals surface area contributed by atoms with Crippen LogP contribution in [0.3, 0.4) is 0 Å². The number of hydrogen-bond acceptors (Lipinski definition) is 4. The number of halogens is 1. The third-order valence-corrected chi connectivity index (χ3v) is 4.15. The highest BCUT2D eigenvalue weighted by molar-refractivity contribution is 5.79. The van der Waals surface area contributed by atoms with Gasteiger partial charge in [0.25, 0.3) is 0 Å². The number of nitrogens with zero attached hydrogens (tertiary/aromatic N) is 2. The van der Waals surface area contributed by atoms with Gasteiger partial charge in [-0.1, -0.05) is 0 Å². The monoisotopic (exact) mass is 344 g/mol. The molecule has 2 aliphatic heterocycles. The standard InChI is InChI=1S/C17H29FN2O4/c1-16(2,3)24-15(22)20-8-7-19(11-17(4,18)12-20)14(21)13-6-5-9-23-10-13/h13H,5-12H2,1-4H3/t13-,17+/m0/s1. The van der Waals surface area contributed by atoms with Gasteiger partial charge in [0.1, 0.15) is 11.3 Å². The zero-order valence-electron chi connectivity index (χ0n) is 15.1. The predicted molar refractivity (Wildman–Crippen MR) is 87.4 cm³/mol. The number of carbonyl (C=O) groups excluding carboxylic acids is 2. The molecule has 0 spiro atoms. The van der Waals surface area contributed by atoms with E-state index >= 15 is 0 Å². The lowest BCUT2D eigenvalue weighted by Crippen LogP contribution is -2.46. The van der Waals surface area contributed by atoms with E-state index in [1.54, 1.807) is 20.8 Å². The Hall–Kier alpha value is -1.37. The number of ether oxygens (including phenoxy) is 2. The van der Waals surface area contributed by atoms with Crippen LogP contribution in [0.2, 0.25) is 0 Å². The van der Waals surface area contributed by atoms with E-state index in [0.29, 0.717) is 19.8 Å². The van der Waals surface area contributed by atoms with E-state index in [0.717, 1.165) is 12.8 Å². The summed E-state index contributed by atoms with van der Waals surface area (Å²) in [6.07, 6.45) is 1.08. The molecule has 0 aliphatic carbocycles. The van der Waals surface area contributed by atoms with Crippen molar-refractivity contribution >= 4 is 12.0 Å². The highest BCUT2D eigenvalue weighted by atomic mass is 19.1. The summed E-state index contributed by atoms with van der Waals surface area (Å²) in [5.74, 6) is -0.285. The second-order valence-electron chi connectivity index (χ2n) is 7.99. The van der Waals surface area contributed by atoms with Crippen molar-refractivity contribution in [1.29, 1.82) is 0 Å². The first-order valence-electron chi connectivity index (χ1n) is 8.61. The topological polar surface area (TPSA) is 59.1 Å². The number of alkyl halides is 1. The van der Waals surface area contributed by atoms with Gasteiger partial charge in [0.15, 0.2) is 0 Å². The first-order chi connectivity index (χ1) is 11.1. The molecule has 0 aromatic carbocycles. The van der Waals surface area contributed by atoms with Gasteiger partial charge in [-0.2, -0.15) is 0 Å². The van der Waals surface area contributed by atoms with E-state index in [4.69, 9.17) is 9.47 Å². The molecule has 2 atom stereocenters. The number of rotatable bonds is 1. The molecule has 138 valence electrons. The van der Waals surface area contributed by atoms with E-state index in [1.807, 2.05) is 0 Å². The molecule has 2 saturated heterocycles. The van der Waals surface area contributed by atoms with E-state index in [9.17, 15) is 14.0 Å². The normalized spacial score (nSPS) is 29.1. The fraction of sp³-hybridized carbons (Fsp3) is 0.882. The summed E-state index contributed by atoms with van der Waals surface area (Å²) in [6.45, 7) is 8.32. The molecule has 0 saturated carbocycles. The average molecular weight is 344 g/mol. The molecular weight excluding hydrogens is 315 g/mol. The van der Waals surface area contributed by atoms with Gasteiger partial charge in [-0.15, -0.1) is 0 Å². The van der Waals surface area contributed by atoms with Crippen LogP contribution in [0.25, 0.3) is 0 Å².